The quantitative estimate of drug-likeness (QED) is 0.775. The Balaban J connectivity index is 2.15. The summed E-state index contributed by atoms with van der Waals surface area (Å²) in [7, 11) is 0. The van der Waals surface area contributed by atoms with Crippen LogP contribution in [0.25, 0.3) is 0 Å². The van der Waals surface area contributed by atoms with Crippen LogP contribution in [-0.4, -0.2) is 39.6 Å². The molecule has 6 heteroatoms. The average Bonchev–Trinajstić information content (AvgIpc) is 2.31. The number of halogens is 1. The first-order chi connectivity index (χ1) is 8.39. The van der Waals surface area contributed by atoms with Gasteiger partial charge in [0.1, 0.15) is 11.6 Å². The van der Waals surface area contributed by atoms with Crippen molar-refractivity contribution < 1.29 is 14.3 Å². The number of carbonyl (C=O) groups excluding carboxylic acids is 1. The molecule has 3 N–H and O–H groups in total. The Kier molecular flexibility index (Phi) is 3.21. The Morgan fingerprint density at radius 1 is 1.56 bits per heavy atom. The topological polar surface area (TPSA) is 79.5 Å². The van der Waals surface area contributed by atoms with Crippen molar-refractivity contribution in [2.75, 3.05) is 18.8 Å². The highest BCUT2D eigenvalue weighted by Crippen LogP contribution is 2.23. The fourth-order valence-electron chi connectivity index (χ4n) is 1.98. The van der Waals surface area contributed by atoms with Gasteiger partial charge in [0.2, 0.25) is 0 Å². The van der Waals surface area contributed by atoms with Gasteiger partial charge in [0.05, 0.1) is 17.4 Å². The number of hydrogen-bond donors (Lipinski definition) is 2. The number of aromatic nitrogens is 1. The van der Waals surface area contributed by atoms with Crippen LogP contribution in [0, 0.1) is 5.82 Å². The third-order valence-corrected chi connectivity index (χ3v) is 3.24. The van der Waals surface area contributed by atoms with Crippen molar-refractivity contribution in [1.82, 2.24) is 9.88 Å². The summed E-state index contributed by atoms with van der Waals surface area (Å²) in [6.45, 7) is 2.61. The lowest BCUT2D eigenvalue weighted by molar-refractivity contribution is -0.00201. The molecule has 0 radical (unpaired) electrons. The number of nitrogens with zero attached hydrogens (tertiary/aromatic N) is 2. The van der Waals surface area contributed by atoms with Crippen molar-refractivity contribution in [3.8, 4) is 0 Å². The minimum Gasteiger partial charge on any atom is -0.390 e. The Morgan fingerprint density at radius 2 is 2.17 bits per heavy atom. The average molecular weight is 253 g/mol. The molecule has 0 atom stereocenters. The number of rotatable bonds is 1. The van der Waals surface area contributed by atoms with Crippen molar-refractivity contribution in [3.05, 3.63) is 23.6 Å². The van der Waals surface area contributed by atoms with Gasteiger partial charge in [-0.05, 0) is 25.8 Å². The van der Waals surface area contributed by atoms with Crippen LogP contribution in [0.2, 0.25) is 0 Å². The van der Waals surface area contributed by atoms with Gasteiger partial charge in [-0.2, -0.15) is 0 Å². The second-order valence-electron chi connectivity index (χ2n) is 4.88. The van der Waals surface area contributed by atoms with E-state index in [-0.39, 0.29) is 17.3 Å². The number of nitrogen functional groups attached to an aromatic ring is 1. The van der Waals surface area contributed by atoms with Gasteiger partial charge in [0, 0.05) is 13.1 Å². The third-order valence-electron chi connectivity index (χ3n) is 3.24. The van der Waals surface area contributed by atoms with E-state index in [1.807, 2.05) is 0 Å². The number of likely N-dealkylation sites (tertiary alicyclic amines) is 1. The first-order valence-corrected chi connectivity index (χ1v) is 5.82. The van der Waals surface area contributed by atoms with Crippen LogP contribution < -0.4 is 5.73 Å². The molecule has 1 amide bonds. The predicted octanol–water partition coefficient (Wildman–Crippen LogP) is 0.790. The summed E-state index contributed by atoms with van der Waals surface area (Å²) >= 11 is 0. The van der Waals surface area contributed by atoms with Gasteiger partial charge in [-0.1, -0.05) is 0 Å². The van der Waals surface area contributed by atoms with Crippen molar-refractivity contribution in [2.24, 2.45) is 0 Å². The molecule has 0 aromatic carbocycles. The van der Waals surface area contributed by atoms with E-state index in [0.29, 0.717) is 25.9 Å². The highest BCUT2D eigenvalue weighted by molar-refractivity contribution is 5.98. The lowest BCUT2D eigenvalue weighted by Gasteiger charge is -2.35. The number of carbonyl (C=O) groups is 1. The van der Waals surface area contributed by atoms with E-state index in [9.17, 15) is 14.3 Å². The van der Waals surface area contributed by atoms with E-state index in [1.54, 1.807) is 11.8 Å². The van der Waals surface area contributed by atoms with Crippen LogP contribution in [0.3, 0.4) is 0 Å². The molecule has 18 heavy (non-hydrogen) atoms. The smallest absolute Gasteiger partial charge is 0.257 e. The van der Waals surface area contributed by atoms with Crippen LogP contribution >= 0.6 is 0 Å². The maximum atomic E-state index is 13.1. The highest BCUT2D eigenvalue weighted by atomic mass is 19.1. The molecule has 1 aromatic heterocycles. The third kappa shape index (κ3) is 2.59. The number of piperidine rings is 1. The van der Waals surface area contributed by atoms with Crippen LogP contribution in [0.15, 0.2) is 12.3 Å². The van der Waals surface area contributed by atoms with Gasteiger partial charge in [-0.15, -0.1) is 0 Å². The summed E-state index contributed by atoms with van der Waals surface area (Å²) in [5, 5.41) is 9.81. The summed E-state index contributed by atoms with van der Waals surface area (Å²) in [6, 6.07) is 1.09. The summed E-state index contributed by atoms with van der Waals surface area (Å²) in [4.78, 5) is 17.3. The van der Waals surface area contributed by atoms with Gasteiger partial charge in [-0.3, -0.25) is 4.79 Å². The molecule has 1 saturated heterocycles. The molecule has 98 valence electrons. The second kappa shape index (κ2) is 4.53. The normalized spacial score (nSPS) is 18.7. The standard InChI is InChI=1S/C12H16FN3O2/c1-12(18)2-4-16(5-3-12)11(17)9-6-8(13)7-15-10(9)14/h6-7,18H,2-5H2,1H3,(H2,14,15). The van der Waals surface area contributed by atoms with Gasteiger partial charge in [0.15, 0.2) is 0 Å². The van der Waals surface area contributed by atoms with Crippen molar-refractivity contribution >= 4 is 11.7 Å². The van der Waals surface area contributed by atoms with Crippen LogP contribution in [-0.2, 0) is 0 Å². The van der Waals surface area contributed by atoms with Gasteiger partial charge < -0.3 is 15.7 Å². The van der Waals surface area contributed by atoms with Gasteiger partial charge in [-0.25, -0.2) is 9.37 Å². The van der Waals surface area contributed by atoms with E-state index >= 15 is 0 Å². The molecular formula is C12H16FN3O2. The van der Waals surface area contributed by atoms with Crippen molar-refractivity contribution in [3.63, 3.8) is 0 Å². The molecule has 0 saturated carbocycles. The monoisotopic (exact) mass is 253 g/mol. The fraction of sp³-hybridized carbons (Fsp3) is 0.500. The Labute approximate surface area is 104 Å². The van der Waals surface area contributed by atoms with Crippen molar-refractivity contribution in [1.29, 1.82) is 0 Å². The number of hydrogen-bond acceptors (Lipinski definition) is 4. The number of pyridine rings is 1. The molecule has 0 bridgehead atoms. The van der Waals surface area contributed by atoms with Crippen LogP contribution in [0.4, 0.5) is 10.2 Å². The van der Waals surface area contributed by atoms with E-state index in [1.165, 1.54) is 0 Å². The van der Waals surface area contributed by atoms with Gasteiger partial charge in [0.25, 0.3) is 5.91 Å². The Hall–Kier alpha value is -1.69. The van der Waals surface area contributed by atoms with Crippen molar-refractivity contribution in [2.45, 2.75) is 25.4 Å². The molecule has 5 nitrogen and oxygen atoms in total. The zero-order valence-corrected chi connectivity index (χ0v) is 10.2. The second-order valence-corrected chi connectivity index (χ2v) is 4.88. The maximum Gasteiger partial charge on any atom is 0.257 e. The summed E-state index contributed by atoms with van der Waals surface area (Å²) in [6.07, 6.45) is 1.98. The number of nitrogens with two attached hydrogens (primary N) is 1. The molecule has 1 aliphatic heterocycles. The molecule has 1 aromatic rings. The highest BCUT2D eigenvalue weighted by Gasteiger charge is 2.30. The lowest BCUT2D eigenvalue weighted by Crippen LogP contribution is -2.45. The Morgan fingerprint density at radius 3 is 2.78 bits per heavy atom. The number of aliphatic hydroxyl groups is 1. The van der Waals surface area contributed by atoms with Crippen LogP contribution in [0.5, 0.6) is 0 Å². The van der Waals surface area contributed by atoms with E-state index in [0.717, 1.165) is 12.3 Å². The summed E-state index contributed by atoms with van der Waals surface area (Å²) < 4.78 is 13.1. The Bertz CT molecular complexity index is 466. The van der Waals surface area contributed by atoms with E-state index in [4.69, 9.17) is 5.73 Å². The summed E-state index contributed by atoms with van der Waals surface area (Å²) in [5.41, 5.74) is 4.92. The largest absolute Gasteiger partial charge is 0.390 e. The number of amides is 1. The summed E-state index contributed by atoms with van der Waals surface area (Å²) in [5.74, 6) is -0.898. The minimum atomic E-state index is -0.734. The minimum absolute atomic E-state index is 0.0266. The SMILES string of the molecule is CC1(O)CCN(C(=O)c2cc(F)cnc2N)CC1. The zero-order chi connectivity index (χ0) is 13.3. The van der Waals surface area contributed by atoms with E-state index in [2.05, 4.69) is 4.98 Å². The zero-order valence-electron chi connectivity index (χ0n) is 10.2. The lowest BCUT2D eigenvalue weighted by atomic mass is 9.93. The molecule has 1 fully saturated rings. The first kappa shape index (κ1) is 12.8. The van der Waals surface area contributed by atoms with E-state index < -0.39 is 11.4 Å². The molecule has 2 rings (SSSR count). The molecule has 0 spiro atoms. The molecule has 2 heterocycles. The number of anilines is 1. The first-order valence-electron chi connectivity index (χ1n) is 5.82. The predicted molar refractivity (Wildman–Crippen MR) is 64.4 cm³/mol. The maximum absolute atomic E-state index is 13.1. The molecular weight excluding hydrogens is 237 g/mol. The fourth-order valence-corrected chi connectivity index (χ4v) is 1.98. The molecule has 0 unspecified atom stereocenters. The molecule has 0 aliphatic carbocycles. The molecule has 1 aliphatic rings. The van der Waals surface area contributed by atoms with Crippen LogP contribution in [0.1, 0.15) is 30.1 Å². The van der Waals surface area contributed by atoms with Gasteiger partial charge >= 0.3 is 0 Å².